The lowest BCUT2D eigenvalue weighted by Gasteiger charge is -2.10. The standard InChI is InChI=1S/C13H15NO2S/c1-2-13(16)14-7-11(15)10-8-17-12-6-4-3-5-9(10)12/h3-6,8,11,15H,2,7H2,1H3,(H,14,16). The molecule has 0 fully saturated rings. The number of benzene rings is 1. The highest BCUT2D eigenvalue weighted by molar-refractivity contribution is 7.17. The van der Waals surface area contributed by atoms with Gasteiger partial charge in [0, 0.05) is 23.2 Å². The zero-order valence-corrected chi connectivity index (χ0v) is 10.5. The maximum Gasteiger partial charge on any atom is 0.219 e. The number of nitrogens with one attached hydrogen (secondary N) is 1. The summed E-state index contributed by atoms with van der Waals surface area (Å²) in [6.07, 6.45) is -0.196. The van der Waals surface area contributed by atoms with Crippen LogP contribution in [0.25, 0.3) is 10.1 Å². The van der Waals surface area contributed by atoms with Crippen molar-refractivity contribution < 1.29 is 9.90 Å². The molecule has 0 aliphatic carbocycles. The van der Waals surface area contributed by atoms with Crippen molar-refractivity contribution in [1.29, 1.82) is 0 Å². The Balaban J connectivity index is 2.13. The number of hydrogen-bond donors (Lipinski definition) is 2. The molecule has 90 valence electrons. The third-order valence-electron chi connectivity index (χ3n) is 2.68. The van der Waals surface area contributed by atoms with E-state index >= 15 is 0 Å². The maximum absolute atomic E-state index is 11.1. The molecule has 1 atom stereocenters. The molecule has 4 heteroatoms. The van der Waals surface area contributed by atoms with E-state index in [0.29, 0.717) is 6.42 Å². The zero-order chi connectivity index (χ0) is 12.3. The van der Waals surface area contributed by atoms with Crippen LogP contribution in [0.1, 0.15) is 25.0 Å². The molecule has 0 bridgehead atoms. The SMILES string of the molecule is CCC(=O)NCC(O)c1csc2ccccc12. The molecule has 1 aromatic heterocycles. The van der Waals surface area contributed by atoms with Crippen molar-refractivity contribution in [3.63, 3.8) is 0 Å². The van der Waals surface area contributed by atoms with Crippen LogP contribution in [-0.4, -0.2) is 17.6 Å². The fraction of sp³-hybridized carbons (Fsp3) is 0.308. The van der Waals surface area contributed by atoms with Crippen LogP contribution < -0.4 is 5.32 Å². The molecule has 1 heterocycles. The summed E-state index contributed by atoms with van der Waals surface area (Å²) >= 11 is 1.61. The van der Waals surface area contributed by atoms with E-state index in [9.17, 15) is 9.90 Å². The molecule has 0 aliphatic heterocycles. The lowest BCUT2D eigenvalue weighted by atomic mass is 10.1. The van der Waals surface area contributed by atoms with Gasteiger partial charge in [0.15, 0.2) is 0 Å². The first-order valence-corrected chi connectivity index (χ1v) is 6.51. The fourth-order valence-electron chi connectivity index (χ4n) is 1.70. The normalized spacial score (nSPS) is 12.6. The van der Waals surface area contributed by atoms with Gasteiger partial charge in [0.2, 0.25) is 5.91 Å². The second kappa shape index (κ2) is 5.29. The average molecular weight is 249 g/mol. The monoisotopic (exact) mass is 249 g/mol. The van der Waals surface area contributed by atoms with Crippen molar-refractivity contribution in [1.82, 2.24) is 5.32 Å². The van der Waals surface area contributed by atoms with Gasteiger partial charge in [-0.2, -0.15) is 0 Å². The second-order valence-electron chi connectivity index (χ2n) is 3.86. The highest BCUT2D eigenvalue weighted by atomic mass is 32.1. The summed E-state index contributed by atoms with van der Waals surface area (Å²) in [5.74, 6) is -0.0383. The quantitative estimate of drug-likeness (QED) is 0.874. The van der Waals surface area contributed by atoms with Gasteiger partial charge in [-0.1, -0.05) is 25.1 Å². The van der Waals surface area contributed by atoms with Crippen LogP contribution in [0.3, 0.4) is 0 Å². The van der Waals surface area contributed by atoms with Gasteiger partial charge in [-0.25, -0.2) is 0 Å². The summed E-state index contributed by atoms with van der Waals surface area (Å²) in [6, 6.07) is 7.95. The Kier molecular flexibility index (Phi) is 3.76. The molecule has 2 N–H and O–H groups in total. The van der Waals surface area contributed by atoms with E-state index in [1.807, 2.05) is 29.6 Å². The molecule has 1 aromatic carbocycles. The third-order valence-corrected chi connectivity index (χ3v) is 3.67. The fourth-order valence-corrected chi connectivity index (χ4v) is 2.71. The van der Waals surface area contributed by atoms with Crippen LogP contribution in [0.4, 0.5) is 0 Å². The summed E-state index contributed by atoms with van der Waals surface area (Å²) < 4.78 is 1.16. The van der Waals surface area contributed by atoms with Gasteiger partial charge in [-0.3, -0.25) is 4.79 Å². The van der Waals surface area contributed by atoms with E-state index in [1.165, 1.54) is 0 Å². The minimum Gasteiger partial charge on any atom is -0.387 e. The van der Waals surface area contributed by atoms with Crippen LogP contribution >= 0.6 is 11.3 Å². The summed E-state index contributed by atoms with van der Waals surface area (Å²) in [6.45, 7) is 2.06. The molecule has 2 aromatic rings. The van der Waals surface area contributed by atoms with Gasteiger partial charge in [0.25, 0.3) is 0 Å². The van der Waals surface area contributed by atoms with Crippen molar-refractivity contribution in [2.45, 2.75) is 19.4 Å². The number of amides is 1. The highest BCUT2D eigenvalue weighted by Gasteiger charge is 2.13. The number of rotatable bonds is 4. The molecular formula is C13H15NO2S. The van der Waals surface area contributed by atoms with E-state index in [4.69, 9.17) is 0 Å². The first-order valence-electron chi connectivity index (χ1n) is 5.63. The summed E-state index contributed by atoms with van der Waals surface area (Å²) in [7, 11) is 0. The maximum atomic E-state index is 11.1. The lowest BCUT2D eigenvalue weighted by molar-refractivity contribution is -0.121. The third kappa shape index (κ3) is 2.65. The minimum atomic E-state index is -0.637. The molecule has 1 amide bonds. The number of aliphatic hydroxyl groups is 1. The van der Waals surface area contributed by atoms with Crippen LogP contribution in [-0.2, 0) is 4.79 Å². The Bertz CT molecular complexity index is 521. The van der Waals surface area contributed by atoms with Crippen molar-refractivity contribution in [3.05, 3.63) is 35.2 Å². The van der Waals surface area contributed by atoms with Crippen LogP contribution in [0.15, 0.2) is 29.6 Å². The van der Waals surface area contributed by atoms with Gasteiger partial charge < -0.3 is 10.4 Å². The van der Waals surface area contributed by atoms with Crippen LogP contribution in [0.2, 0.25) is 0 Å². The molecule has 0 radical (unpaired) electrons. The molecule has 2 rings (SSSR count). The molecule has 0 saturated carbocycles. The van der Waals surface area contributed by atoms with Crippen molar-refractivity contribution >= 4 is 27.3 Å². The Morgan fingerprint density at radius 3 is 3.00 bits per heavy atom. The van der Waals surface area contributed by atoms with Crippen molar-refractivity contribution in [3.8, 4) is 0 Å². The van der Waals surface area contributed by atoms with Gasteiger partial charge >= 0.3 is 0 Å². The van der Waals surface area contributed by atoms with Crippen LogP contribution in [0, 0.1) is 0 Å². The predicted octanol–water partition coefficient (Wildman–Crippen LogP) is 2.46. The zero-order valence-electron chi connectivity index (χ0n) is 9.64. The average Bonchev–Trinajstić information content (AvgIpc) is 2.79. The number of hydrogen-bond acceptors (Lipinski definition) is 3. The largest absolute Gasteiger partial charge is 0.387 e. The molecule has 0 spiro atoms. The second-order valence-corrected chi connectivity index (χ2v) is 4.77. The highest BCUT2D eigenvalue weighted by Crippen LogP contribution is 2.29. The predicted molar refractivity (Wildman–Crippen MR) is 70.1 cm³/mol. The molecular weight excluding hydrogens is 234 g/mol. The van der Waals surface area contributed by atoms with E-state index in [-0.39, 0.29) is 12.5 Å². The first kappa shape index (κ1) is 12.1. The molecule has 0 aliphatic rings. The Hall–Kier alpha value is -1.39. The van der Waals surface area contributed by atoms with Gasteiger partial charge in [0.1, 0.15) is 0 Å². The Morgan fingerprint density at radius 1 is 1.47 bits per heavy atom. The van der Waals surface area contributed by atoms with Gasteiger partial charge in [0.05, 0.1) is 6.10 Å². The van der Waals surface area contributed by atoms with Crippen LogP contribution in [0.5, 0.6) is 0 Å². The number of carbonyl (C=O) groups excluding carboxylic acids is 1. The number of carbonyl (C=O) groups is 1. The Morgan fingerprint density at radius 2 is 2.24 bits per heavy atom. The summed E-state index contributed by atoms with van der Waals surface area (Å²) in [5, 5.41) is 15.8. The molecule has 0 saturated heterocycles. The molecule has 3 nitrogen and oxygen atoms in total. The van der Waals surface area contributed by atoms with Crippen molar-refractivity contribution in [2.24, 2.45) is 0 Å². The Labute approximate surface area is 104 Å². The number of fused-ring (bicyclic) bond motifs is 1. The van der Waals surface area contributed by atoms with E-state index in [2.05, 4.69) is 5.32 Å². The molecule has 17 heavy (non-hydrogen) atoms. The summed E-state index contributed by atoms with van der Waals surface area (Å²) in [4.78, 5) is 11.1. The first-order chi connectivity index (χ1) is 8.22. The van der Waals surface area contributed by atoms with Gasteiger partial charge in [-0.05, 0) is 16.8 Å². The smallest absolute Gasteiger partial charge is 0.219 e. The summed E-state index contributed by atoms with van der Waals surface area (Å²) in [5.41, 5.74) is 0.891. The number of aliphatic hydroxyl groups excluding tert-OH is 1. The molecule has 1 unspecified atom stereocenters. The topological polar surface area (TPSA) is 49.3 Å². The van der Waals surface area contributed by atoms with Crippen molar-refractivity contribution in [2.75, 3.05) is 6.54 Å². The van der Waals surface area contributed by atoms with E-state index in [1.54, 1.807) is 18.3 Å². The van der Waals surface area contributed by atoms with E-state index < -0.39 is 6.10 Å². The lowest BCUT2D eigenvalue weighted by Crippen LogP contribution is -2.27. The number of thiophene rings is 1. The van der Waals surface area contributed by atoms with Gasteiger partial charge in [-0.15, -0.1) is 11.3 Å². The minimum absolute atomic E-state index is 0.0383. The van der Waals surface area contributed by atoms with E-state index in [0.717, 1.165) is 15.6 Å².